The smallest absolute Gasteiger partial charge is 0.310 e. The van der Waals surface area contributed by atoms with Crippen LogP contribution in [0.4, 0.5) is 0 Å². The topological polar surface area (TPSA) is 65.0 Å². The lowest BCUT2D eigenvalue weighted by molar-refractivity contribution is -0.138. The van der Waals surface area contributed by atoms with Crippen LogP contribution in [0, 0.1) is 0 Å². The molecule has 0 radical (unpaired) electrons. The Bertz CT molecular complexity index is 427. The van der Waals surface area contributed by atoms with Gasteiger partial charge < -0.3 is 19.3 Å². The minimum absolute atomic E-state index is 0.113. The number of hydrogen-bond acceptors (Lipinski definition) is 4. The lowest BCUT2D eigenvalue weighted by atomic mass is 9.99. The highest BCUT2D eigenvalue weighted by Crippen LogP contribution is 2.42. The molecular weight excluding hydrogens is 212 g/mol. The molecule has 86 valence electrons. The molecule has 1 aliphatic rings. The molecule has 5 heteroatoms. The van der Waals surface area contributed by atoms with Crippen LogP contribution < -0.4 is 14.2 Å². The van der Waals surface area contributed by atoms with Gasteiger partial charge in [-0.05, 0) is 13.0 Å². The van der Waals surface area contributed by atoms with Crippen molar-refractivity contribution in [2.75, 3.05) is 13.9 Å². The predicted molar refractivity (Wildman–Crippen MR) is 55.2 cm³/mol. The Morgan fingerprint density at radius 1 is 1.50 bits per heavy atom. The number of benzene rings is 1. The summed E-state index contributed by atoms with van der Waals surface area (Å²) in [6, 6.07) is 3.34. The molecule has 1 aliphatic heterocycles. The number of rotatable bonds is 3. The number of hydrogen-bond donors (Lipinski definition) is 1. The van der Waals surface area contributed by atoms with E-state index >= 15 is 0 Å². The molecule has 2 rings (SSSR count). The van der Waals surface area contributed by atoms with E-state index in [1.807, 2.05) is 0 Å². The summed E-state index contributed by atoms with van der Waals surface area (Å²) in [7, 11) is 1.52. The van der Waals surface area contributed by atoms with Crippen LogP contribution in [0.3, 0.4) is 0 Å². The van der Waals surface area contributed by atoms with E-state index in [9.17, 15) is 4.79 Å². The number of carbonyl (C=O) groups is 1. The molecule has 0 bridgehead atoms. The SMILES string of the molecule is COc1cc2c(c(C(C)C(=O)O)c1)OCO2. The van der Waals surface area contributed by atoms with Crippen molar-refractivity contribution in [2.24, 2.45) is 0 Å². The summed E-state index contributed by atoms with van der Waals surface area (Å²) in [6.45, 7) is 1.71. The van der Waals surface area contributed by atoms with E-state index < -0.39 is 11.9 Å². The fraction of sp³-hybridized carbons (Fsp3) is 0.364. The molecule has 1 aromatic rings. The van der Waals surface area contributed by atoms with Crippen molar-refractivity contribution in [3.8, 4) is 17.2 Å². The molecular formula is C11H12O5. The van der Waals surface area contributed by atoms with Crippen molar-refractivity contribution in [1.29, 1.82) is 0 Å². The highest BCUT2D eigenvalue weighted by atomic mass is 16.7. The van der Waals surface area contributed by atoms with Crippen LogP contribution in [0.15, 0.2) is 12.1 Å². The lowest BCUT2D eigenvalue weighted by Gasteiger charge is -2.11. The maximum atomic E-state index is 11.0. The van der Waals surface area contributed by atoms with Crippen molar-refractivity contribution >= 4 is 5.97 Å². The van der Waals surface area contributed by atoms with Crippen LogP contribution in [-0.4, -0.2) is 25.0 Å². The Hall–Kier alpha value is -1.91. The highest BCUT2D eigenvalue weighted by molar-refractivity contribution is 5.78. The summed E-state index contributed by atoms with van der Waals surface area (Å²) in [6.07, 6.45) is 0. The summed E-state index contributed by atoms with van der Waals surface area (Å²) in [5.74, 6) is 0.0157. The Balaban J connectivity index is 2.50. The number of fused-ring (bicyclic) bond motifs is 1. The van der Waals surface area contributed by atoms with Crippen molar-refractivity contribution in [3.63, 3.8) is 0 Å². The van der Waals surface area contributed by atoms with E-state index in [4.69, 9.17) is 19.3 Å². The molecule has 0 fully saturated rings. The summed E-state index contributed by atoms with van der Waals surface area (Å²) in [5, 5.41) is 8.99. The standard InChI is InChI=1S/C11H12O5/c1-6(11(12)13)8-3-7(14-2)4-9-10(8)16-5-15-9/h3-4,6H,5H2,1-2H3,(H,12,13). The fourth-order valence-electron chi connectivity index (χ4n) is 1.58. The Morgan fingerprint density at radius 2 is 2.25 bits per heavy atom. The van der Waals surface area contributed by atoms with Gasteiger partial charge in [-0.15, -0.1) is 0 Å². The fourth-order valence-corrected chi connectivity index (χ4v) is 1.58. The summed E-state index contributed by atoms with van der Waals surface area (Å²) >= 11 is 0. The maximum Gasteiger partial charge on any atom is 0.310 e. The minimum atomic E-state index is -0.911. The number of aliphatic carboxylic acids is 1. The van der Waals surface area contributed by atoms with Crippen LogP contribution in [-0.2, 0) is 4.79 Å². The minimum Gasteiger partial charge on any atom is -0.497 e. The molecule has 16 heavy (non-hydrogen) atoms. The van der Waals surface area contributed by atoms with Crippen LogP contribution >= 0.6 is 0 Å². The maximum absolute atomic E-state index is 11.0. The van der Waals surface area contributed by atoms with Gasteiger partial charge in [-0.1, -0.05) is 0 Å². The van der Waals surface area contributed by atoms with Crippen LogP contribution in [0.25, 0.3) is 0 Å². The number of carboxylic acid groups (broad SMARTS) is 1. The quantitative estimate of drug-likeness (QED) is 0.844. The summed E-state index contributed by atoms with van der Waals surface area (Å²) < 4.78 is 15.6. The third-order valence-electron chi connectivity index (χ3n) is 2.55. The highest BCUT2D eigenvalue weighted by Gasteiger charge is 2.26. The van der Waals surface area contributed by atoms with Gasteiger partial charge in [0.25, 0.3) is 0 Å². The average Bonchev–Trinajstić information content (AvgIpc) is 2.74. The van der Waals surface area contributed by atoms with E-state index in [0.29, 0.717) is 22.8 Å². The van der Waals surface area contributed by atoms with Gasteiger partial charge in [0.05, 0.1) is 13.0 Å². The van der Waals surface area contributed by atoms with Gasteiger partial charge in [0.1, 0.15) is 5.75 Å². The molecule has 0 aromatic heterocycles. The van der Waals surface area contributed by atoms with E-state index in [0.717, 1.165) is 0 Å². The van der Waals surface area contributed by atoms with Crippen molar-refractivity contribution in [3.05, 3.63) is 17.7 Å². The molecule has 1 N–H and O–H groups in total. The molecule has 1 unspecified atom stereocenters. The van der Waals surface area contributed by atoms with E-state index in [1.165, 1.54) is 7.11 Å². The molecule has 1 heterocycles. The van der Waals surface area contributed by atoms with E-state index in [1.54, 1.807) is 19.1 Å². The summed E-state index contributed by atoms with van der Waals surface area (Å²) in [5.41, 5.74) is 0.569. The zero-order valence-corrected chi connectivity index (χ0v) is 9.02. The summed E-state index contributed by atoms with van der Waals surface area (Å²) in [4.78, 5) is 11.0. The van der Waals surface area contributed by atoms with Gasteiger partial charge in [0, 0.05) is 11.6 Å². The Morgan fingerprint density at radius 3 is 2.88 bits per heavy atom. The van der Waals surface area contributed by atoms with Crippen molar-refractivity contribution in [2.45, 2.75) is 12.8 Å². The second kappa shape index (κ2) is 3.92. The number of carboxylic acids is 1. The van der Waals surface area contributed by atoms with Crippen LogP contribution in [0.1, 0.15) is 18.4 Å². The monoisotopic (exact) mass is 224 g/mol. The molecule has 0 amide bonds. The predicted octanol–water partition coefficient (Wildman–Crippen LogP) is 1.61. The molecule has 0 saturated heterocycles. The van der Waals surface area contributed by atoms with Gasteiger partial charge in [0.2, 0.25) is 6.79 Å². The normalized spacial score (nSPS) is 14.6. The molecule has 1 atom stereocenters. The third kappa shape index (κ3) is 1.64. The van der Waals surface area contributed by atoms with Gasteiger partial charge in [0.15, 0.2) is 11.5 Å². The Kier molecular flexibility index (Phi) is 2.60. The van der Waals surface area contributed by atoms with Gasteiger partial charge in [-0.3, -0.25) is 4.79 Å². The zero-order chi connectivity index (χ0) is 11.7. The second-order valence-electron chi connectivity index (χ2n) is 3.51. The Labute approximate surface area is 92.5 Å². The van der Waals surface area contributed by atoms with Crippen molar-refractivity contribution in [1.82, 2.24) is 0 Å². The first-order chi connectivity index (χ1) is 7.63. The molecule has 0 aliphatic carbocycles. The van der Waals surface area contributed by atoms with Crippen molar-refractivity contribution < 1.29 is 24.1 Å². The van der Waals surface area contributed by atoms with Crippen LogP contribution in [0.5, 0.6) is 17.2 Å². The molecule has 1 aromatic carbocycles. The van der Waals surface area contributed by atoms with Gasteiger partial charge >= 0.3 is 5.97 Å². The first-order valence-corrected chi connectivity index (χ1v) is 4.84. The van der Waals surface area contributed by atoms with Gasteiger partial charge in [-0.2, -0.15) is 0 Å². The lowest BCUT2D eigenvalue weighted by Crippen LogP contribution is -2.08. The second-order valence-corrected chi connectivity index (χ2v) is 3.51. The molecule has 0 spiro atoms. The van der Waals surface area contributed by atoms with E-state index in [2.05, 4.69) is 0 Å². The zero-order valence-electron chi connectivity index (χ0n) is 9.02. The van der Waals surface area contributed by atoms with E-state index in [-0.39, 0.29) is 6.79 Å². The first kappa shape index (κ1) is 10.6. The molecule has 0 saturated carbocycles. The first-order valence-electron chi connectivity index (χ1n) is 4.84. The molecule has 5 nitrogen and oxygen atoms in total. The van der Waals surface area contributed by atoms with Gasteiger partial charge in [-0.25, -0.2) is 0 Å². The number of methoxy groups -OCH3 is 1. The third-order valence-corrected chi connectivity index (χ3v) is 2.55. The largest absolute Gasteiger partial charge is 0.497 e. The van der Waals surface area contributed by atoms with Crippen LogP contribution in [0.2, 0.25) is 0 Å². The average molecular weight is 224 g/mol. The number of ether oxygens (including phenoxy) is 3.